The van der Waals surface area contributed by atoms with E-state index in [0.717, 1.165) is 25.3 Å². The summed E-state index contributed by atoms with van der Waals surface area (Å²) in [6, 6.07) is 20.9. The molecule has 0 aliphatic heterocycles. The molecule has 184 valence electrons. The smallest absolute Gasteiger partial charge is 0.222 e. The quantitative estimate of drug-likeness (QED) is 0.387. The summed E-state index contributed by atoms with van der Waals surface area (Å²) in [7, 11) is 0. The number of hydrogen-bond acceptors (Lipinski definition) is 2. The van der Waals surface area contributed by atoms with E-state index >= 15 is 0 Å². The molecule has 4 nitrogen and oxygen atoms in total. The van der Waals surface area contributed by atoms with Gasteiger partial charge in [-0.1, -0.05) is 100 Å². The predicted octanol–water partition coefficient (Wildman–Crippen LogP) is 6.17. The fourth-order valence-electron chi connectivity index (χ4n) is 5.12. The minimum absolute atomic E-state index is 0.0252. The molecule has 1 saturated carbocycles. The second-order valence-corrected chi connectivity index (χ2v) is 10.2. The molecule has 2 aromatic carbocycles. The van der Waals surface area contributed by atoms with Gasteiger partial charge >= 0.3 is 0 Å². The first-order chi connectivity index (χ1) is 16.5. The Kier molecular flexibility index (Phi) is 10.7. The van der Waals surface area contributed by atoms with Gasteiger partial charge in [-0.2, -0.15) is 0 Å². The fraction of sp³-hybridized carbons (Fsp3) is 0.533. The molecular weight excluding hydrogens is 420 g/mol. The zero-order chi connectivity index (χ0) is 24.2. The van der Waals surface area contributed by atoms with Crippen LogP contribution < -0.4 is 5.32 Å². The molecular formula is C30H42N2O2. The first kappa shape index (κ1) is 26.0. The molecule has 34 heavy (non-hydrogen) atoms. The molecule has 0 aromatic heterocycles. The van der Waals surface area contributed by atoms with E-state index < -0.39 is 0 Å². The summed E-state index contributed by atoms with van der Waals surface area (Å²) in [4.78, 5) is 27.4. The zero-order valence-corrected chi connectivity index (χ0v) is 21.0. The Labute approximate surface area is 206 Å². The Morgan fingerprint density at radius 3 is 2.06 bits per heavy atom. The van der Waals surface area contributed by atoms with Crippen LogP contribution in [0.2, 0.25) is 0 Å². The van der Waals surface area contributed by atoms with Gasteiger partial charge in [0.2, 0.25) is 11.8 Å². The van der Waals surface area contributed by atoms with Crippen molar-refractivity contribution in [3.63, 3.8) is 0 Å². The SMILES string of the molecule is CC(C)CN(CCC(=O)NCCC(c1ccccc1)c1ccccc1)C(=O)CCC1CCCC1. The highest BCUT2D eigenvalue weighted by Gasteiger charge is 2.20. The lowest BCUT2D eigenvalue weighted by Crippen LogP contribution is -2.38. The van der Waals surface area contributed by atoms with Crippen LogP contribution in [0.15, 0.2) is 60.7 Å². The minimum atomic E-state index is 0.0252. The molecule has 3 rings (SSSR count). The Balaban J connectivity index is 1.47. The average molecular weight is 463 g/mol. The number of nitrogens with one attached hydrogen (secondary N) is 1. The Morgan fingerprint density at radius 2 is 1.50 bits per heavy atom. The standard InChI is InChI=1S/C30H42N2O2/c1-24(2)23-32(30(34)18-17-25-11-9-10-12-25)22-20-29(33)31-21-19-28(26-13-5-3-6-14-26)27-15-7-4-8-16-27/h3-8,13-16,24-25,28H,9-12,17-23H2,1-2H3,(H,31,33). The third kappa shape index (κ3) is 8.62. The number of hydrogen-bond donors (Lipinski definition) is 1. The summed E-state index contributed by atoms with van der Waals surface area (Å²) < 4.78 is 0. The van der Waals surface area contributed by atoms with Crippen molar-refractivity contribution in [1.29, 1.82) is 0 Å². The number of carbonyl (C=O) groups is 2. The molecule has 0 atom stereocenters. The molecule has 0 saturated heterocycles. The van der Waals surface area contributed by atoms with Gasteiger partial charge in [-0.3, -0.25) is 9.59 Å². The normalized spacial score (nSPS) is 14.0. The zero-order valence-electron chi connectivity index (χ0n) is 21.0. The van der Waals surface area contributed by atoms with Crippen LogP contribution in [0, 0.1) is 11.8 Å². The molecule has 2 aromatic rings. The molecule has 0 spiro atoms. The lowest BCUT2D eigenvalue weighted by Gasteiger charge is -2.25. The molecule has 4 heteroatoms. The molecule has 2 amide bonds. The molecule has 1 aliphatic carbocycles. The third-order valence-corrected chi connectivity index (χ3v) is 6.95. The maximum Gasteiger partial charge on any atom is 0.222 e. The summed E-state index contributed by atoms with van der Waals surface area (Å²) in [6.07, 6.45) is 7.99. The summed E-state index contributed by atoms with van der Waals surface area (Å²) >= 11 is 0. The van der Waals surface area contributed by atoms with Crippen molar-refractivity contribution in [2.24, 2.45) is 11.8 Å². The Morgan fingerprint density at radius 1 is 0.912 bits per heavy atom. The minimum Gasteiger partial charge on any atom is -0.356 e. The average Bonchev–Trinajstić information content (AvgIpc) is 3.37. The van der Waals surface area contributed by atoms with Gasteiger partial charge in [0.15, 0.2) is 0 Å². The monoisotopic (exact) mass is 462 g/mol. The maximum atomic E-state index is 12.9. The molecule has 0 bridgehead atoms. The molecule has 0 radical (unpaired) electrons. The van der Waals surface area contributed by atoms with Crippen LogP contribution >= 0.6 is 0 Å². The van der Waals surface area contributed by atoms with E-state index in [4.69, 9.17) is 0 Å². The van der Waals surface area contributed by atoms with E-state index in [1.54, 1.807) is 0 Å². The molecule has 0 unspecified atom stereocenters. The third-order valence-electron chi connectivity index (χ3n) is 6.95. The van der Waals surface area contributed by atoms with Gasteiger partial charge in [-0.05, 0) is 35.8 Å². The molecule has 1 fully saturated rings. The van der Waals surface area contributed by atoms with Crippen LogP contribution in [0.1, 0.15) is 82.3 Å². The predicted molar refractivity (Wildman–Crippen MR) is 140 cm³/mol. The van der Waals surface area contributed by atoms with Gasteiger partial charge in [0.05, 0.1) is 0 Å². The first-order valence-corrected chi connectivity index (χ1v) is 13.2. The highest BCUT2D eigenvalue weighted by molar-refractivity contribution is 5.79. The van der Waals surface area contributed by atoms with Gasteiger partial charge in [0.1, 0.15) is 0 Å². The van der Waals surface area contributed by atoms with Crippen LogP contribution in [0.5, 0.6) is 0 Å². The lowest BCUT2D eigenvalue weighted by atomic mass is 9.88. The summed E-state index contributed by atoms with van der Waals surface area (Å²) in [5.41, 5.74) is 2.53. The number of benzene rings is 2. The van der Waals surface area contributed by atoms with Gasteiger partial charge in [0.25, 0.3) is 0 Å². The van der Waals surface area contributed by atoms with Crippen molar-refractivity contribution in [1.82, 2.24) is 10.2 Å². The van der Waals surface area contributed by atoms with Crippen molar-refractivity contribution in [2.75, 3.05) is 19.6 Å². The van der Waals surface area contributed by atoms with Crippen molar-refractivity contribution in [2.45, 2.75) is 71.1 Å². The topological polar surface area (TPSA) is 49.4 Å². The van der Waals surface area contributed by atoms with E-state index in [1.807, 2.05) is 17.0 Å². The Bertz CT molecular complexity index is 820. The number of nitrogens with zero attached hydrogens (tertiary/aromatic N) is 1. The summed E-state index contributed by atoms with van der Waals surface area (Å²) in [6.45, 7) is 6.11. The van der Waals surface area contributed by atoms with Crippen molar-refractivity contribution in [3.05, 3.63) is 71.8 Å². The van der Waals surface area contributed by atoms with E-state index in [1.165, 1.54) is 36.8 Å². The first-order valence-electron chi connectivity index (χ1n) is 13.2. The van der Waals surface area contributed by atoms with Crippen molar-refractivity contribution in [3.8, 4) is 0 Å². The van der Waals surface area contributed by atoms with Gasteiger partial charge in [-0.25, -0.2) is 0 Å². The van der Waals surface area contributed by atoms with Gasteiger partial charge < -0.3 is 10.2 Å². The van der Waals surface area contributed by atoms with Crippen LogP contribution in [-0.4, -0.2) is 36.3 Å². The molecule has 0 heterocycles. The highest BCUT2D eigenvalue weighted by atomic mass is 16.2. The number of carbonyl (C=O) groups excluding carboxylic acids is 2. The van der Waals surface area contributed by atoms with E-state index in [2.05, 4.69) is 67.7 Å². The van der Waals surface area contributed by atoms with Gasteiger partial charge in [-0.15, -0.1) is 0 Å². The molecule has 1 aliphatic rings. The second-order valence-electron chi connectivity index (χ2n) is 10.2. The van der Waals surface area contributed by atoms with Crippen molar-refractivity contribution >= 4 is 11.8 Å². The van der Waals surface area contributed by atoms with E-state index in [9.17, 15) is 9.59 Å². The second kappa shape index (κ2) is 13.9. The lowest BCUT2D eigenvalue weighted by molar-refractivity contribution is -0.132. The van der Waals surface area contributed by atoms with Crippen LogP contribution in [-0.2, 0) is 9.59 Å². The number of rotatable bonds is 13. The van der Waals surface area contributed by atoms with Gasteiger partial charge in [0, 0.05) is 38.4 Å². The molecule has 1 N–H and O–H groups in total. The van der Waals surface area contributed by atoms with Crippen LogP contribution in [0.4, 0.5) is 0 Å². The van der Waals surface area contributed by atoms with Crippen LogP contribution in [0.3, 0.4) is 0 Å². The largest absolute Gasteiger partial charge is 0.356 e. The van der Waals surface area contributed by atoms with E-state index in [-0.39, 0.29) is 17.7 Å². The summed E-state index contributed by atoms with van der Waals surface area (Å²) in [5.74, 6) is 1.60. The number of amides is 2. The Hall–Kier alpha value is -2.62. The maximum absolute atomic E-state index is 12.9. The highest BCUT2D eigenvalue weighted by Crippen LogP contribution is 2.29. The summed E-state index contributed by atoms with van der Waals surface area (Å²) in [5, 5.41) is 3.10. The van der Waals surface area contributed by atoms with Crippen molar-refractivity contribution < 1.29 is 9.59 Å². The van der Waals surface area contributed by atoms with Crippen LogP contribution in [0.25, 0.3) is 0 Å². The fourth-order valence-corrected chi connectivity index (χ4v) is 5.12. The van der Waals surface area contributed by atoms with E-state index in [0.29, 0.717) is 31.8 Å².